The highest BCUT2D eigenvalue weighted by atomic mass is 32.3. The molecule has 224 valence electrons. The van der Waals surface area contributed by atoms with Gasteiger partial charge in [0.05, 0.1) is 25.4 Å². The largest absolute Gasteiger partial charge is 0.0804 e. The van der Waals surface area contributed by atoms with Gasteiger partial charge in [-0.3, -0.25) is 0 Å². The summed E-state index contributed by atoms with van der Waals surface area (Å²) in [5, 5.41) is 0. The molecule has 0 fully saturated rings. The van der Waals surface area contributed by atoms with Crippen molar-refractivity contribution in [3.8, 4) is 0 Å². The molecule has 6 aliphatic carbocycles. The molecule has 4 bridgehead atoms. The van der Waals surface area contributed by atoms with E-state index in [4.69, 9.17) is 0 Å². The van der Waals surface area contributed by atoms with Crippen molar-refractivity contribution >= 4 is 94.1 Å². The van der Waals surface area contributed by atoms with Crippen LogP contribution >= 0.6 is 94.1 Å². The zero-order chi connectivity index (χ0) is 29.4. The minimum Gasteiger partial charge on any atom is -0.0804 e. The molecule has 44 heavy (non-hydrogen) atoms. The molecular formula is C36H32S8. The quantitative estimate of drug-likeness (QED) is 0.278. The topological polar surface area (TPSA) is 0 Å². The molecule has 12 rings (SSSR count). The van der Waals surface area contributed by atoms with Crippen LogP contribution in [0.4, 0.5) is 0 Å². The van der Waals surface area contributed by atoms with Gasteiger partial charge in [-0.2, -0.15) is 0 Å². The fourth-order valence-electron chi connectivity index (χ4n) is 8.42. The van der Waals surface area contributed by atoms with Gasteiger partial charge in [0.25, 0.3) is 0 Å². The SMILES string of the molecule is CC(C)C1CC2C=CC1c1cc3c(cc12)SC1=C(S/C(=C2\SC4=C(S2)Sc2cc5c(cc2S4)C2C=CC5C(C(C)C)C2)S1)S3. The van der Waals surface area contributed by atoms with Crippen LogP contribution in [0.1, 0.15) is 86.5 Å². The number of thioether (sulfide) groups is 8. The Bertz CT molecular complexity index is 1690. The van der Waals surface area contributed by atoms with Crippen molar-refractivity contribution in [3.63, 3.8) is 0 Å². The van der Waals surface area contributed by atoms with E-state index in [1.165, 1.54) is 57.8 Å². The van der Waals surface area contributed by atoms with Crippen LogP contribution in [0.5, 0.6) is 0 Å². The van der Waals surface area contributed by atoms with E-state index >= 15 is 0 Å². The average molecular weight is 721 g/mol. The van der Waals surface area contributed by atoms with E-state index in [2.05, 4.69) is 76.3 Å². The molecule has 8 heteroatoms. The number of fused-ring (bicyclic) bond motifs is 4. The maximum atomic E-state index is 2.58. The van der Waals surface area contributed by atoms with Crippen molar-refractivity contribution < 1.29 is 0 Å². The van der Waals surface area contributed by atoms with E-state index in [1.807, 2.05) is 94.1 Å². The van der Waals surface area contributed by atoms with Crippen LogP contribution in [0, 0.1) is 23.7 Å². The molecule has 6 atom stereocenters. The molecular weight excluding hydrogens is 689 g/mol. The molecule has 0 radical (unpaired) electrons. The van der Waals surface area contributed by atoms with Gasteiger partial charge in [0, 0.05) is 43.3 Å². The molecule has 0 spiro atoms. The first-order valence-corrected chi connectivity index (χ1v) is 22.3. The van der Waals surface area contributed by atoms with Crippen molar-refractivity contribution in [2.75, 3.05) is 0 Å². The Morgan fingerprint density at radius 2 is 0.750 bits per heavy atom. The summed E-state index contributed by atoms with van der Waals surface area (Å²) in [6.45, 7) is 9.66. The van der Waals surface area contributed by atoms with Crippen LogP contribution < -0.4 is 0 Å². The molecule has 6 unspecified atom stereocenters. The summed E-state index contributed by atoms with van der Waals surface area (Å²) < 4.78 is 8.97. The Kier molecular flexibility index (Phi) is 7.04. The van der Waals surface area contributed by atoms with Crippen LogP contribution in [0.2, 0.25) is 0 Å². The monoisotopic (exact) mass is 720 g/mol. The standard InChI is InChI=1S/C36H32S8/c1-15(2)21-9-17-5-7-19(21)25-13-29-27(11-23(17)25)37-31-33(39-29)43-35(41-31)36-42-32-34(44-36)40-30-14-26-20-8-6-18(10-22(20)16(3)4)24(26)12-28(30)38-32/h5-8,11-22H,9-10H2,1-4H3/b36-35+. The molecule has 0 nitrogen and oxygen atoms in total. The fraction of sp³-hybridized carbons (Fsp3) is 0.389. The van der Waals surface area contributed by atoms with Gasteiger partial charge in [0.15, 0.2) is 0 Å². The third kappa shape index (κ3) is 4.43. The molecule has 0 amide bonds. The van der Waals surface area contributed by atoms with E-state index in [1.54, 1.807) is 22.3 Å². The maximum Gasteiger partial charge on any atom is 0.0718 e. The molecule has 2 aromatic carbocycles. The molecule has 0 aromatic heterocycles. The Morgan fingerprint density at radius 1 is 0.432 bits per heavy atom. The lowest BCUT2D eigenvalue weighted by molar-refractivity contribution is 0.286. The number of hydrogen-bond donors (Lipinski definition) is 0. The van der Waals surface area contributed by atoms with Crippen molar-refractivity contribution in [1.82, 2.24) is 0 Å². The smallest absolute Gasteiger partial charge is 0.0718 e. The highest BCUT2D eigenvalue weighted by Crippen LogP contribution is 2.71. The first kappa shape index (κ1) is 28.9. The van der Waals surface area contributed by atoms with Crippen LogP contribution in [-0.4, -0.2) is 0 Å². The lowest BCUT2D eigenvalue weighted by Crippen LogP contribution is -2.29. The predicted octanol–water partition coefficient (Wildman–Crippen LogP) is 13.9. The minimum absolute atomic E-state index is 0.598. The average Bonchev–Trinajstić information content (AvgIpc) is 3.64. The van der Waals surface area contributed by atoms with Crippen molar-refractivity contribution in [2.45, 2.75) is 83.8 Å². The van der Waals surface area contributed by atoms with Crippen LogP contribution in [-0.2, 0) is 0 Å². The van der Waals surface area contributed by atoms with Crippen molar-refractivity contribution in [1.29, 1.82) is 0 Å². The van der Waals surface area contributed by atoms with Crippen LogP contribution in [0.3, 0.4) is 0 Å². The van der Waals surface area contributed by atoms with Gasteiger partial charge in [-0.05, 0) is 83.0 Å². The molecule has 4 aliphatic heterocycles. The van der Waals surface area contributed by atoms with Crippen LogP contribution in [0.15, 0.2) is 93.6 Å². The van der Waals surface area contributed by atoms with E-state index in [0.717, 1.165) is 23.7 Å². The molecule has 0 saturated heterocycles. The Balaban J connectivity index is 0.884. The first-order chi connectivity index (χ1) is 21.4. The van der Waals surface area contributed by atoms with Gasteiger partial charge in [-0.1, -0.05) is 146 Å². The van der Waals surface area contributed by atoms with Gasteiger partial charge < -0.3 is 0 Å². The lowest BCUT2D eigenvalue weighted by Gasteiger charge is -2.42. The minimum atomic E-state index is 0.598. The van der Waals surface area contributed by atoms with Crippen molar-refractivity contribution in [3.05, 3.63) is 96.2 Å². The predicted molar refractivity (Wildman–Crippen MR) is 203 cm³/mol. The molecule has 0 saturated carbocycles. The summed E-state index contributed by atoms with van der Waals surface area (Å²) in [6.07, 6.45) is 12.7. The van der Waals surface area contributed by atoms with Gasteiger partial charge in [0.1, 0.15) is 0 Å². The van der Waals surface area contributed by atoms with E-state index in [9.17, 15) is 0 Å². The fourth-order valence-corrected chi connectivity index (χ4v) is 20.5. The zero-order valence-electron chi connectivity index (χ0n) is 24.9. The highest BCUT2D eigenvalue weighted by Gasteiger charge is 2.42. The summed E-state index contributed by atoms with van der Waals surface area (Å²) in [7, 11) is 0. The maximum absolute atomic E-state index is 2.58. The van der Waals surface area contributed by atoms with Gasteiger partial charge in [-0.25, -0.2) is 0 Å². The number of hydrogen-bond acceptors (Lipinski definition) is 8. The number of benzene rings is 2. The molecule has 2 aromatic rings. The molecule has 4 heterocycles. The normalized spacial score (nSPS) is 33.7. The molecule has 0 N–H and O–H groups in total. The Hall–Kier alpha value is -0.0600. The first-order valence-electron chi connectivity index (χ1n) is 15.8. The Labute approximate surface area is 295 Å². The van der Waals surface area contributed by atoms with Gasteiger partial charge in [0.2, 0.25) is 0 Å². The van der Waals surface area contributed by atoms with Gasteiger partial charge >= 0.3 is 0 Å². The highest BCUT2D eigenvalue weighted by molar-refractivity contribution is 8.45. The summed E-state index contributed by atoms with van der Waals surface area (Å²) in [6, 6.07) is 10.3. The van der Waals surface area contributed by atoms with E-state index in [0.29, 0.717) is 23.7 Å². The van der Waals surface area contributed by atoms with Crippen LogP contribution in [0.25, 0.3) is 0 Å². The lowest BCUT2D eigenvalue weighted by atomic mass is 9.63. The third-order valence-electron chi connectivity index (χ3n) is 10.7. The third-order valence-corrected chi connectivity index (χ3v) is 22.4. The van der Waals surface area contributed by atoms with E-state index < -0.39 is 0 Å². The van der Waals surface area contributed by atoms with E-state index in [-0.39, 0.29) is 0 Å². The van der Waals surface area contributed by atoms with Gasteiger partial charge in [-0.15, -0.1) is 0 Å². The second kappa shape index (κ2) is 10.7. The summed E-state index contributed by atoms with van der Waals surface area (Å²) in [5.74, 6) is 5.45. The second-order valence-corrected chi connectivity index (χ2v) is 23.6. The number of rotatable bonds is 2. The second-order valence-electron chi connectivity index (χ2n) is 13.7. The summed E-state index contributed by atoms with van der Waals surface area (Å²) in [4.78, 5) is 5.92. The van der Waals surface area contributed by atoms with Crippen molar-refractivity contribution in [2.24, 2.45) is 23.7 Å². The Morgan fingerprint density at radius 3 is 1.09 bits per heavy atom. The number of allylic oxidation sites excluding steroid dienone is 4. The summed E-state index contributed by atoms with van der Waals surface area (Å²) in [5.41, 5.74) is 6.45. The summed E-state index contributed by atoms with van der Waals surface area (Å²) >= 11 is 16.2. The molecule has 10 aliphatic rings. The zero-order valence-corrected chi connectivity index (χ0v) is 31.4.